The Labute approximate surface area is 144 Å². The summed E-state index contributed by atoms with van der Waals surface area (Å²) in [6.07, 6.45) is 3.21. The van der Waals surface area contributed by atoms with Crippen molar-refractivity contribution < 1.29 is 14.6 Å². The van der Waals surface area contributed by atoms with E-state index in [1.54, 1.807) is 6.07 Å². The summed E-state index contributed by atoms with van der Waals surface area (Å²) in [4.78, 5) is 14.8. The van der Waals surface area contributed by atoms with Crippen molar-refractivity contribution in [1.82, 2.24) is 4.98 Å². The number of hydrogen-bond donors (Lipinski definition) is 2. The van der Waals surface area contributed by atoms with Crippen LogP contribution in [-0.4, -0.2) is 22.7 Å². The number of aromatic amines is 1. The topological polar surface area (TPSA) is 62.3 Å². The Balaban J connectivity index is 2.20. The molecule has 0 aliphatic carbocycles. The zero-order chi connectivity index (χ0) is 16.6. The molecule has 0 radical (unpaired) electrons. The number of carboxylic acid groups (broad SMARTS) is 1. The number of ether oxygens (including phenoxy) is 1. The van der Waals surface area contributed by atoms with Crippen LogP contribution in [0.25, 0.3) is 10.9 Å². The summed E-state index contributed by atoms with van der Waals surface area (Å²) in [6.45, 7) is 2.58. The predicted molar refractivity (Wildman–Crippen MR) is 91.4 cm³/mol. The molecule has 0 fully saturated rings. The molecule has 1 aromatic heterocycles. The van der Waals surface area contributed by atoms with E-state index in [9.17, 15) is 9.90 Å². The van der Waals surface area contributed by atoms with Gasteiger partial charge in [0.1, 0.15) is 5.60 Å². The first-order valence-electron chi connectivity index (χ1n) is 7.82. The average molecular weight is 356 g/mol. The number of aliphatic carboxylic acids is 1. The maximum Gasteiger partial charge on any atom is 0.306 e. The number of hydrogen-bond acceptors (Lipinski definition) is 2. The highest BCUT2D eigenvalue weighted by atomic mass is 35.5. The standard InChI is InChI=1S/C17H19Cl2NO3/c1-2-3-5-17(9-14(21)22)16-11(4-6-23-17)12-7-10(18)8-13(19)15(12)20-16/h7-8,20H,2-6,9H2,1H3,(H,21,22). The summed E-state index contributed by atoms with van der Waals surface area (Å²) in [6, 6.07) is 3.58. The van der Waals surface area contributed by atoms with Gasteiger partial charge in [0.2, 0.25) is 0 Å². The first-order valence-corrected chi connectivity index (χ1v) is 8.58. The van der Waals surface area contributed by atoms with Crippen LogP contribution >= 0.6 is 23.2 Å². The van der Waals surface area contributed by atoms with E-state index in [0.29, 0.717) is 23.1 Å². The lowest BCUT2D eigenvalue weighted by Crippen LogP contribution is -2.38. The van der Waals surface area contributed by atoms with Crippen molar-refractivity contribution in [2.75, 3.05) is 6.61 Å². The Bertz CT molecular complexity index is 756. The quantitative estimate of drug-likeness (QED) is 0.800. The SMILES string of the molecule is CCCCC1(CC(=O)O)OCCc2c1[nH]c1c(Cl)cc(Cl)cc21. The fourth-order valence-corrected chi connectivity index (χ4v) is 4.02. The minimum atomic E-state index is -0.864. The van der Waals surface area contributed by atoms with Crippen LogP contribution in [0, 0.1) is 0 Å². The molecule has 1 aliphatic rings. The number of halogens is 2. The van der Waals surface area contributed by atoms with E-state index in [0.717, 1.165) is 41.4 Å². The zero-order valence-corrected chi connectivity index (χ0v) is 14.4. The normalized spacial score (nSPS) is 20.7. The highest BCUT2D eigenvalue weighted by Crippen LogP contribution is 2.44. The third-order valence-corrected chi connectivity index (χ3v) is 5.01. The van der Waals surface area contributed by atoms with Gasteiger partial charge >= 0.3 is 5.97 Å². The average Bonchev–Trinajstić information content (AvgIpc) is 2.85. The summed E-state index contributed by atoms with van der Waals surface area (Å²) in [5, 5.41) is 11.5. The summed E-state index contributed by atoms with van der Waals surface area (Å²) in [5.41, 5.74) is 1.91. The molecule has 1 aliphatic heterocycles. The molecule has 4 nitrogen and oxygen atoms in total. The van der Waals surface area contributed by atoms with Crippen LogP contribution in [0.3, 0.4) is 0 Å². The van der Waals surface area contributed by atoms with Gasteiger partial charge in [-0.25, -0.2) is 0 Å². The monoisotopic (exact) mass is 355 g/mol. The molecule has 0 spiro atoms. The van der Waals surface area contributed by atoms with Gasteiger partial charge in [-0.2, -0.15) is 0 Å². The number of nitrogens with one attached hydrogen (secondary N) is 1. The van der Waals surface area contributed by atoms with E-state index in [4.69, 9.17) is 27.9 Å². The first-order chi connectivity index (χ1) is 11.0. The molecule has 2 aromatic rings. The van der Waals surface area contributed by atoms with Gasteiger partial charge in [-0.1, -0.05) is 43.0 Å². The summed E-state index contributed by atoms with van der Waals surface area (Å²) in [7, 11) is 0. The molecule has 0 amide bonds. The smallest absolute Gasteiger partial charge is 0.306 e. The number of aromatic nitrogens is 1. The summed E-state index contributed by atoms with van der Waals surface area (Å²) < 4.78 is 6.02. The van der Waals surface area contributed by atoms with Gasteiger partial charge in [0.15, 0.2) is 0 Å². The molecule has 2 heterocycles. The van der Waals surface area contributed by atoms with Crippen molar-refractivity contribution >= 4 is 40.1 Å². The number of unbranched alkanes of at least 4 members (excludes halogenated alkanes) is 1. The molecule has 1 atom stereocenters. The van der Waals surface area contributed by atoms with Gasteiger partial charge in [0.25, 0.3) is 0 Å². The lowest BCUT2D eigenvalue weighted by Gasteiger charge is -2.36. The number of carbonyl (C=O) groups is 1. The van der Waals surface area contributed by atoms with Crippen LogP contribution in [0.15, 0.2) is 12.1 Å². The molecular formula is C17H19Cl2NO3. The van der Waals surface area contributed by atoms with Crippen molar-refractivity contribution in [3.8, 4) is 0 Å². The summed E-state index contributed by atoms with van der Waals surface area (Å²) in [5.74, 6) is -0.864. The Morgan fingerprint density at radius 1 is 1.43 bits per heavy atom. The van der Waals surface area contributed by atoms with Gasteiger partial charge in [0, 0.05) is 10.4 Å². The number of H-pyrrole nitrogens is 1. The first kappa shape index (κ1) is 16.6. The van der Waals surface area contributed by atoms with Crippen molar-refractivity contribution in [1.29, 1.82) is 0 Å². The molecular weight excluding hydrogens is 337 g/mol. The van der Waals surface area contributed by atoms with E-state index in [2.05, 4.69) is 11.9 Å². The fourth-order valence-electron chi connectivity index (χ4n) is 3.47. The molecule has 124 valence electrons. The van der Waals surface area contributed by atoms with Crippen molar-refractivity contribution in [3.63, 3.8) is 0 Å². The van der Waals surface area contributed by atoms with E-state index < -0.39 is 11.6 Å². The second kappa shape index (κ2) is 6.34. The van der Waals surface area contributed by atoms with Crippen molar-refractivity contribution in [2.24, 2.45) is 0 Å². The van der Waals surface area contributed by atoms with E-state index >= 15 is 0 Å². The van der Waals surface area contributed by atoms with E-state index in [1.807, 2.05) is 6.07 Å². The van der Waals surface area contributed by atoms with Gasteiger partial charge < -0.3 is 14.8 Å². The number of carboxylic acids is 1. The minimum absolute atomic E-state index is 0.0574. The third-order valence-electron chi connectivity index (χ3n) is 4.49. The van der Waals surface area contributed by atoms with Crippen LogP contribution in [0.4, 0.5) is 0 Å². The highest BCUT2D eigenvalue weighted by Gasteiger charge is 2.41. The van der Waals surface area contributed by atoms with Gasteiger partial charge in [-0.05, 0) is 30.5 Å². The minimum Gasteiger partial charge on any atom is -0.481 e. The number of rotatable bonds is 5. The Hall–Kier alpha value is -1.23. The zero-order valence-electron chi connectivity index (χ0n) is 12.9. The Kier molecular flexibility index (Phi) is 4.59. The van der Waals surface area contributed by atoms with Crippen LogP contribution in [-0.2, 0) is 21.6 Å². The van der Waals surface area contributed by atoms with Crippen LogP contribution < -0.4 is 0 Å². The lowest BCUT2D eigenvalue weighted by molar-refractivity contribution is -0.149. The van der Waals surface area contributed by atoms with Gasteiger partial charge in [-0.15, -0.1) is 0 Å². The Morgan fingerprint density at radius 2 is 2.22 bits per heavy atom. The third kappa shape index (κ3) is 2.95. The van der Waals surface area contributed by atoms with Gasteiger partial charge in [0.05, 0.1) is 29.3 Å². The molecule has 3 rings (SSSR count). The van der Waals surface area contributed by atoms with Crippen LogP contribution in [0.1, 0.15) is 43.9 Å². The molecule has 0 saturated carbocycles. The molecule has 1 unspecified atom stereocenters. The fraction of sp³-hybridized carbons (Fsp3) is 0.471. The molecule has 1 aromatic carbocycles. The van der Waals surface area contributed by atoms with Crippen molar-refractivity contribution in [3.05, 3.63) is 33.4 Å². The van der Waals surface area contributed by atoms with Crippen LogP contribution in [0.2, 0.25) is 10.0 Å². The maximum atomic E-state index is 11.4. The van der Waals surface area contributed by atoms with E-state index in [1.165, 1.54) is 0 Å². The molecule has 23 heavy (non-hydrogen) atoms. The maximum absolute atomic E-state index is 11.4. The number of benzene rings is 1. The lowest BCUT2D eigenvalue weighted by atomic mass is 9.84. The molecule has 0 bridgehead atoms. The van der Waals surface area contributed by atoms with Gasteiger partial charge in [-0.3, -0.25) is 4.79 Å². The largest absolute Gasteiger partial charge is 0.481 e. The Morgan fingerprint density at radius 3 is 2.91 bits per heavy atom. The second-order valence-electron chi connectivity index (χ2n) is 6.06. The molecule has 2 N–H and O–H groups in total. The summed E-state index contributed by atoms with van der Waals surface area (Å²) >= 11 is 12.5. The molecule has 6 heteroatoms. The van der Waals surface area contributed by atoms with Crippen LogP contribution in [0.5, 0.6) is 0 Å². The predicted octanol–water partition coefficient (Wildman–Crippen LogP) is 4.91. The van der Waals surface area contributed by atoms with Crippen molar-refractivity contribution in [2.45, 2.75) is 44.6 Å². The second-order valence-corrected chi connectivity index (χ2v) is 6.90. The number of fused-ring (bicyclic) bond motifs is 3. The highest BCUT2D eigenvalue weighted by molar-refractivity contribution is 6.38. The molecule has 0 saturated heterocycles. The van der Waals surface area contributed by atoms with E-state index in [-0.39, 0.29) is 6.42 Å².